The highest BCUT2D eigenvalue weighted by Gasteiger charge is 2.12. The Balaban J connectivity index is 2.08. The van der Waals surface area contributed by atoms with Crippen molar-refractivity contribution in [2.75, 3.05) is 6.54 Å². The molecular formula is C18H21N3O. The van der Waals surface area contributed by atoms with E-state index in [1.807, 2.05) is 6.20 Å². The molecule has 0 aliphatic rings. The molecule has 2 heterocycles. The molecule has 22 heavy (non-hydrogen) atoms. The van der Waals surface area contributed by atoms with Crippen LogP contribution in [-0.2, 0) is 11.3 Å². The van der Waals surface area contributed by atoms with E-state index in [-0.39, 0.29) is 5.91 Å². The zero-order chi connectivity index (χ0) is 15.7. The SMILES string of the molecule is CC(=O)NCCCn1c2cc(C)ccc2c2ccnc(C)c21. The summed E-state index contributed by atoms with van der Waals surface area (Å²) in [6.45, 7) is 7.29. The quantitative estimate of drug-likeness (QED) is 0.750. The van der Waals surface area contributed by atoms with E-state index < -0.39 is 0 Å². The Bertz CT molecular complexity index is 848. The predicted octanol–water partition coefficient (Wildman–Crippen LogP) is 3.33. The summed E-state index contributed by atoms with van der Waals surface area (Å²) in [4.78, 5) is 15.5. The fourth-order valence-electron chi connectivity index (χ4n) is 3.06. The molecule has 0 bridgehead atoms. The lowest BCUT2D eigenvalue weighted by molar-refractivity contribution is -0.118. The summed E-state index contributed by atoms with van der Waals surface area (Å²) < 4.78 is 2.34. The average molecular weight is 295 g/mol. The first-order valence-electron chi connectivity index (χ1n) is 7.66. The third-order valence-electron chi connectivity index (χ3n) is 4.04. The van der Waals surface area contributed by atoms with Crippen molar-refractivity contribution >= 4 is 27.7 Å². The van der Waals surface area contributed by atoms with Gasteiger partial charge in [-0.15, -0.1) is 0 Å². The number of fused-ring (bicyclic) bond motifs is 3. The van der Waals surface area contributed by atoms with Crippen LogP contribution in [0.5, 0.6) is 0 Å². The van der Waals surface area contributed by atoms with Crippen LogP contribution in [-0.4, -0.2) is 22.0 Å². The van der Waals surface area contributed by atoms with Crippen LogP contribution in [0.2, 0.25) is 0 Å². The maximum atomic E-state index is 11.0. The highest BCUT2D eigenvalue weighted by Crippen LogP contribution is 2.30. The first-order valence-corrected chi connectivity index (χ1v) is 7.66. The molecule has 0 saturated carbocycles. The molecule has 0 atom stereocenters. The topological polar surface area (TPSA) is 46.9 Å². The van der Waals surface area contributed by atoms with Gasteiger partial charge in [0, 0.05) is 42.5 Å². The van der Waals surface area contributed by atoms with Crippen LogP contribution in [0.3, 0.4) is 0 Å². The molecule has 1 aromatic carbocycles. The number of aromatic nitrogens is 2. The molecule has 4 heteroatoms. The smallest absolute Gasteiger partial charge is 0.216 e. The fraction of sp³-hybridized carbons (Fsp3) is 0.333. The van der Waals surface area contributed by atoms with Crippen LogP contribution in [0.15, 0.2) is 30.5 Å². The van der Waals surface area contributed by atoms with E-state index in [1.54, 1.807) is 6.92 Å². The summed E-state index contributed by atoms with van der Waals surface area (Å²) in [5, 5.41) is 5.38. The molecule has 0 radical (unpaired) electrons. The number of benzene rings is 1. The van der Waals surface area contributed by atoms with Gasteiger partial charge in [-0.1, -0.05) is 12.1 Å². The van der Waals surface area contributed by atoms with Gasteiger partial charge >= 0.3 is 0 Å². The van der Waals surface area contributed by atoms with Crippen molar-refractivity contribution < 1.29 is 4.79 Å². The highest BCUT2D eigenvalue weighted by molar-refractivity contribution is 6.08. The Morgan fingerprint density at radius 1 is 1.23 bits per heavy atom. The number of pyridine rings is 1. The minimum Gasteiger partial charge on any atom is -0.356 e. The summed E-state index contributed by atoms with van der Waals surface area (Å²) in [7, 11) is 0. The molecule has 0 unspecified atom stereocenters. The van der Waals surface area contributed by atoms with Crippen molar-refractivity contribution in [3.8, 4) is 0 Å². The molecule has 114 valence electrons. The van der Waals surface area contributed by atoms with Gasteiger partial charge in [0.15, 0.2) is 0 Å². The highest BCUT2D eigenvalue weighted by atomic mass is 16.1. The molecule has 1 amide bonds. The zero-order valence-corrected chi connectivity index (χ0v) is 13.3. The Kier molecular flexibility index (Phi) is 3.84. The second-order valence-electron chi connectivity index (χ2n) is 5.80. The lowest BCUT2D eigenvalue weighted by Crippen LogP contribution is -2.22. The van der Waals surface area contributed by atoms with Crippen LogP contribution in [0, 0.1) is 13.8 Å². The maximum absolute atomic E-state index is 11.0. The number of hydrogen-bond acceptors (Lipinski definition) is 2. The van der Waals surface area contributed by atoms with Gasteiger partial charge in [-0.25, -0.2) is 0 Å². The van der Waals surface area contributed by atoms with Crippen LogP contribution < -0.4 is 5.32 Å². The van der Waals surface area contributed by atoms with Crippen molar-refractivity contribution in [3.05, 3.63) is 41.7 Å². The van der Waals surface area contributed by atoms with E-state index in [1.165, 1.54) is 27.4 Å². The Morgan fingerprint density at radius 2 is 2.05 bits per heavy atom. The van der Waals surface area contributed by atoms with E-state index in [4.69, 9.17) is 0 Å². The van der Waals surface area contributed by atoms with Gasteiger partial charge in [0.2, 0.25) is 5.91 Å². The van der Waals surface area contributed by atoms with Gasteiger partial charge in [-0.3, -0.25) is 9.78 Å². The van der Waals surface area contributed by atoms with Crippen molar-refractivity contribution in [1.82, 2.24) is 14.9 Å². The minimum atomic E-state index is 0.0240. The largest absolute Gasteiger partial charge is 0.356 e. The van der Waals surface area contributed by atoms with Gasteiger partial charge in [0.05, 0.1) is 11.2 Å². The zero-order valence-electron chi connectivity index (χ0n) is 13.3. The average Bonchev–Trinajstić information content (AvgIpc) is 2.78. The third kappa shape index (κ3) is 2.56. The number of nitrogens with zero attached hydrogens (tertiary/aromatic N) is 2. The molecule has 1 N–H and O–H groups in total. The monoisotopic (exact) mass is 295 g/mol. The fourth-order valence-corrected chi connectivity index (χ4v) is 3.06. The lowest BCUT2D eigenvalue weighted by atomic mass is 10.1. The number of carbonyl (C=O) groups is 1. The molecule has 0 saturated heterocycles. The van der Waals surface area contributed by atoms with E-state index >= 15 is 0 Å². The maximum Gasteiger partial charge on any atom is 0.216 e. The second-order valence-corrected chi connectivity index (χ2v) is 5.80. The molecule has 4 nitrogen and oxygen atoms in total. The Labute approximate surface area is 130 Å². The molecular weight excluding hydrogens is 274 g/mol. The van der Waals surface area contributed by atoms with Crippen LogP contribution in [0.4, 0.5) is 0 Å². The summed E-state index contributed by atoms with van der Waals surface area (Å²) in [6.07, 6.45) is 2.78. The Morgan fingerprint density at radius 3 is 2.82 bits per heavy atom. The van der Waals surface area contributed by atoms with Crippen molar-refractivity contribution in [2.45, 2.75) is 33.7 Å². The minimum absolute atomic E-state index is 0.0240. The summed E-state index contributed by atoms with van der Waals surface area (Å²) in [5.41, 5.74) is 4.75. The lowest BCUT2D eigenvalue weighted by Gasteiger charge is -2.09. The van der Waals surface area contributed by atoms with Gasteiger partial charge < -0.3 is 9.88 Å². The number of carbonyl (C=O) groups excluding carboxylic acids is 1. The van der Waals surface area contributed by atoms with Crippen LogP contribution in [0.25, 0.3) is 21.8 Å². The molecule has 0 aliphatic carbocycles. The first kappa shape index (κ1) is 14.6. The standard InChI is InChI=1S/C18H21N3O/c1-12-5-6-15-16-7-9-19-13(2)18(16)21(17(15)11-12)10-4-8-20-14(3)22/h5-7,9,11H,4,8,10H2,1-3H3,(H,20,22). The molecule has 0 aliphatic heterocycles. The summed E-state index contributed by atoms with van der Waals surface area (Å²) in [6, 6.07) is 8.66. The normalized spacial score (nSPS) is 11.2. The number of aryl methyl sites for hydroxylation is 3. The molecule has 3 aromatic rings. The molecule has 3 rings (SSSR count). The van der Waals surface area contributed by atoms with Gasteiger partial charge in [0.1, 0.15) is 0 Å². The van der Waals surface area contributed by atoms with Crippen molar-refractivity contribution in [1.29, 1.82) is 0 Å². The number of nitrogens with one attached hydrogen (secondary N) is 1. The molecule has 0 spiro atoms. The molecule has 0 fully saturated rings. The van der Waals surface area contributed by atoms with Crippen LogP contribution in [0.1, 0.15) is 24.6 Å². The van der Waals surface area contributed by atoms with E-state index in [0.29, 0.717) is 6.54 Å². The summed E-state index contributed by atoms with van der Waals surface area (Å²) in [5.74, 6) is 0.0240. The van der Waals surface area contributed by atoms with Gasteiger partial charge in [-0.2, -0.15) is 0 Å². The Hall–Kier alpha value is -2.36. The first-order chi connectivity index (χ1) is 10.6. The van der Waals surface area contributed by atoms with E-state index in [0.717, 1.165) is 18.7 Å². The number of amides is 1. The second kappa shape index (κ2) is 5.79. The van der Waals surface area contributed by atoms with Crippen LogP contribution >= 0.6 is 0 Å². The summed E-state index contributed by atoms with van der Waals surface area (Å²) >= 11 is 0. The number of rotatable bonds is 4. The molecule has 2 aromatic heterocycles. The van der Waals surface area contributed by atoms with E-state index in [9.17, 15) is 4.79 Å². The third-order valence-corrected chi connectivity index (χ3v) is 4.04. The van der Waals surface area contributed by atoms with Crippen molar-refractivity contribution in [2.24, 2.45) is 0 Å². The van der Waals surface area contributed by atoms with Crippen molar-refractivity contribution in [3.63, 3.8) is 0 Å². The number of hydrogen-bond donors (Lipinski definition) is 1. The van der Waals surface area contributed by atoms with Gasteiger partial charge in [-0.05, 0) is 38.0 Å². The van der Waals surface area contributed by atoms with Gasteiger partial charge in [0.25, 0.3) is 0 Å². The predicted molar refractivity (Wildman–Crippen MR) is 90.0 cm³/mol. The van der Waals surface area contributed by atoms with E-state index in [2.05, 4.69) is 53.0 Å².